The number of aryl methyl sites for hydroxylation is 1. The average Bonchev–Trinajstić information content (AvgIpc) is 2.71. The van der Waals surface area contributed by atoms with Crippen LogP contribution in [0.1, 0.15) is 29.8 Å². The molecule has 1 aliphatic rings. The number of carboxylic acids is 1. The topological polar surface area (TPSA) is 107 Å². The molecular formula is C20H30F3N3O5S. The largest absolute Gasteiger partial charge is 0.490 e. The summed E-state index contributed by atoms with van der Waals surface area (Å²) in [6.45, 7) is 9.15. The van der Waals surface area contributed by atoms with Gasteiger partial charge in [0.2, 0.25) is 10.0 Å². The van der Waals surface area contributed by atoms with Crippen molar-refractivity contribution in [2.24, 2.45) is 5.92 Å². The smallest absolute Gasteiger partial charge is 0.475 e. The number of halogens is 3. The Kier molecular flexibility index (Phi) is 10.6. The van der Waals surface area contributed by atoms with E-state index in [1.54, 1.807) is 17.0 Å². The van der Waals surface area contributed by atoms with Crippen LogP contribution in [0.4, 0.5) is 13.2 Å². The van der Waals surface area contributed by atoms with E-state index in [-0.39, 0.29) is 24.1 Å². The average molecular weight is 482 g/mol. The van der Waals surface area contributed by atoms with E-state index in [1.165, 1.54) is 4.31 Å². The van der Waals surface area contributed by atoms with Crippen LogP contribution in [-0.2, 0) is 14.8 Å². The number of carboxylic acid groups (broad SMARTS) is 1. The summed E-state index contributed by atoms with van der Waals surface area (Å²) in [5.74, 6) is -2.62. The Hall–Kier alpha value is -2.18. The highest BCUT2D eigenvalue weighted by atomic mass is 32.2. The maximum atomic E-state index is 12.8. The minimum Gasteiger partial charge on any atom is -0.475 e. The molecule has 0 atom stereocenters. The Balaban J connectivity index is 0.000000633. The predicted molar refractivity (Wildman–Crippen MR) is 114 cm³/mol. The highest BCUT2D eigenvalue weighted by Gasteiger charge is 2.38. The lowest BCUT2D eigenvalue weighted by Crippen LogP contribution is -2.48. The maximum Gasteiger partial charge on any atom is 0.490 e. The zero-order chi connectivity index (χ0) is 24.5. The first-order chi connectivity index (χ1) is 14.7. The van der Waals surface area contributed by atoms with Crippen molar-refractivity contribution in [1.82, 2.24) is 14.5 Å². The highest BCUT2D eigenvalue weighted by molar-refractivity contribution is 7.89. The third-order valence-electron chi connectivity index (χ3n) is 4.50. The van der Waals surface area contributed by atoms with Crippen LogP contribution in [0.15, 0.2) is 24.3 Å². The van der Waals surface area contributed by atoms with E-state index in [1.807, 2.05) is 32.9 Å². The summed E-state index contributed by atoms with van der Waals surface area (Å²) in [7, 11) is -3.34. The number of amides is 1. The standard InChI is InChI=1S/C18H29N3O3S.C2HF3O2/c1-15(2)14-20(18(22)17-6-4-16(3)5-7-17)12-13-25(23,24)21-10-8-19-9-11-21;3-2(4,5)1(6)7/h4-7,15,19H,8-14H2,1-3H3;(H,6,7). The van der Waals surface area contributed by atoms with Gasteiger partial charge in [0.15, 0.2) is 0 Å². The number of nitrogens with one attached hydrogen (secondary N) is 1. The van der Waals surface area contributed by atoms with E-state index >= 15 is 0 Å². The Labute approximate surface area is 186 Å². The van der Waals surface area contributed by atoms with E-state index in [0.29, 0.717) is 38.3 Å². The van der Waals surface area contributed by atoms with Gasteiger partial charge in [0.1, 0.15) is 0 Å². The van der Waals surface area contributed by atoms with Gasteiger partial charge < -0.3 is 15.3 Å². The van der Waals surface area contributed by atoms with Crippen molar-refractivity contribution in [2.75, 3.05) is 45.0 Å². The maximum absolute atomic E-state index is 12.8. The first kappa shape index (κ1) is 27.9. The minimum absolute atomic E-state index is 0.0304. The van der Waals surface area contributed by atoms with Crippen molar-refractivity contribution in [3.8, 4) is 0 Å². The number of alkyl halides is 3. The first-order valence-electron chi connectivity index (χ1n) is 10.1. The van der Waals surface area contributed by atoms with Crippen LogP contribution in [0.25, 0.3) is 0 Å². The zero-order valence-electron chi connectivity index (χ0n) is 18.4. The van der Waals surface area contributed by atoms with Gasteiger partial charge in [-0.2, -0.15) is 17.5 Å². The predicted octanol–water partition coefficient (Wildman–Crippen LogP) is 1.96. The Morgan fingerprint density at radius 2 is 1.66 bits per heavy atom. The molecule has 32 heavy (non-hydrogen) atoms. The summed E-state index contributed by atoms with van der Waals surface area (Å²) in [6, 6.07) is 7.40. The van der Waals surface area contributed by atoms with Gasteiger partial charge in [-0.3, -0.25) is 4.79 Å². The second kappa shape index (κ2) is 12.2. The van der Waals surface area contributed by atoms with Gasteiger partial charge in [-0.25, -0.2) is 13.2 Å². The molecule has 1 aromatic rings. The Morgan fingerprint density at radius 1 is 1.16 bits per heavy atom. The molecule has 1 saturated heterocycles. The number of carbonyl (C=O) groups excluding carboxylic acids is 1. The van der Waals surface area contributed by atoms with Crippen LogP contribution in [0.2, 0.25) is 0 Å². The third kappa shape index (κ3) is 9.53. The number of sulfonamides is 1. The van der Waals surface area contributed by atoms with Crippen molar-refractivity contribution in [3.63, 3.8) is 0 Å². The molecular weight excluding hydrogens is 451 g/mol. The van der Waals surface area contributed by atoms with E-state index in [2.05, 4.69) is 5.32 Å². The number of hydrogen-bond acceptors (Lipinski definition) is 5. The summed E-state index contributed by atoms with van der Waals surface area (Å²) in [5, 5.41) is 10.3. The fraction of sp³-hybridized carbons (Fsp3) is 0.600. The van der Waals surface area contributed by atoms with E-state index in [4.69, 9.17) is 9.90 Å². The van der Waals surface area contributed by atoms with E-state index in [0.717, 1.165) is 5.56 Å². The molecule has 0 aliphatic carbocycles. The zero-order valence-corrected chi connectivity index (χ0v) is 19.2. The molecule has 0 unspecified atom stereocenters. The molecule has 12 heteroatoms. The molecule has 0 bridgehead atoms. The van der Waals surface area contributed by atoms with Crippen molar-refractivity contribution in [2.45, 2.75) is 26.9 Å². The van der Waals surface area contributed by atoms with Crippen molar-refractivity contribution < 1.29 is 36.3 Å². The van der Waals surface area contributed by atoms with E-state index in [9.17, 15) is 26.4 Å². The SMILES string of the molecule is Cc1ccc(C(=O)N(CCS(=O)(=O)N2CCNCC2)CC(C)C)cc1.O=C(O)C(F)(F)F. The monoisotopic (exact) mass is 481 g/mol. The lowest BCUT2D eigenvalue weighted by Gasteiger charge is -2.29. The molecule has 1 aliphatic heterocycles. The second-order valence-electron chi connectivity index (χ2n) is 7.78. The fourth-order valence-electron chi connectivity index (χ4n) is 2.87. The minimum atomic E-state index is -5.08. The van der Waals surface area contributed by atoms with Crippen molar-refractivity contribution >= 4 is 21.9 Å². The van der Waals surface area contributed by atoms with Gasteiger partial charge in [0, 0.05) is 44.8 Å². The molecule has 1 aromatic carbocycles. The lowest BCUT2D eigenvalue weighted by atomic mass is 10.1. The number of benzene rings is 1. The van der Waals surface area contributed by atoms with Crippen molar-refractivity contribution in [3.05, 3.63) is 35.4 Å². The number of hydrogen-bond donors (Lipinski definition) is 2. The fourth-order valence-corrected chi connectivity index (χ4v) is 4.32. The third-order valence-corrected chi connectivity index (χ3v) is 6.35. The van der Waals surface area contributed by atoms with Crippen LogP contribution >= 0.6 is 0 Å². The molecule has 0 aromatic heterocycles. The van der Waals surface area contributed by atoms with E-state index < -0.39 is 22.2 Å². The number of aliphatic carboxylic acids is 1. The van der Waals surface area contributed by atoms with Crippen molar-refractivity contribution in [1.29, 1.82) is 0 Å². The summed E-state index contributed by atoms with van der Waals surface area (Å²) in [5.41, 5.74) is 1.69. The molecule has 1 amide bonds. The Bertz CT molecular complexity index is 852. The van der Waals surface area contributed by atoms with Crippen LogP contribution in [0.5, 0.6) is 0 Å². The lowest BCUT2D eigenvalue weighted by molar-refractivity contribution is -0.192. The normalized spacial score (nSPS) is 15.1. The van der Waals surface area contributed by atoms with Crippen LogP contribution in [0, 0.1) is 12.8 Å². The van der Waals surface area contributed by atoms with Gasteiger partial charge in [0.05, 0.1) is 5.75 Å². The van der Waals surface area contributed by atoms with Crippen LogP contribution in [0.3, 0.4) is 0 Å². The molecule has 8 nitrogen and oxygen atoms in total. The molecule has 0 spiro atoms. The molecule has 0 radical (unpaired) electrons. The molecule has 2 N–H and O–H groups in total. The number of nitrogens with zero attached hydrogens (tertiary/aromatic N) is 2. The summed E-state index contributed by atoms with van der Waals surface area (Å²) in [4.78, 5) is 23.3. The second-order valence-corrected chi connectivity index (χ2v) is 9.87. The molecule has 2 rings (SSSR count). The molecule has 0 saturated carbocycles. The van der Waals surface area contributed by atoms with Gasteiger partial charge in [0.25, 0.3) is 5.91 Å². The summed E-state index contributed by atoms with van der Waals surface area (Å²) >= 11 is 0. The summed E-state index contributed by atoms with van der Waals surface area (Å²) < 4.78 is 58.3. The quantitative estimate of drug-likeness (QED) is 0.617. The van der Waals surface area contributed by atoms with Gasteiger partial charge in [-0.05, 0) is 25.0 Å². The van der Waals surface area contributed by atoms with Crippen LogP contribution < -0.4 is 5.32 Å². The molecule has 1 heterocycles. The number of piperazine rings is 1. The molecule has 182 valence electrons. The number of carbonyl (C=O) groups is 2. The van der Waals surface area contributed by atoms with Gasteiger partial charge >= 0.3 is 12.1 Å². The Morgan fingerprint density at radius 3 is 2.09 bits per heavy atom. The van der Waals surface area contributed by atoms with Gasteiger partial charge in [-0.15, -0.1) is 0 Å². The first-order valence-corrected chi connectivity index (χ1v) is 11.7. The molecule has 1 fully saturated rings. The summed E-state index contributed by atoms with van der Waals surface area (Å²) in [6.07, 6.45) is -5.08. The van der Waals surface area contributed by atoms with Gasteiger partial charge in [-0.1, -0.05) is 31.5 Å². The highest BCUT2D eigenvalue weighted by Crippen LogP contribution is 2.13. The van der Waals surface area contributed by atoms with Crippen LogP contribution in [-0.4, -0.2) is 85.8 Å². The number of rotatable bonds is 7.